The highest BCUT2D eigenvalue weighted by atomic mass is 16.5. The molecule has 3 N–H and O–H groups in total. The lowest BCUT2D eigenvalue weighted by Crippen LogP contribution is -2.31. The van der Waals surface area contributed by atoms with Gasteiger partial charge in [0.25, 0.3) is 0 Å². The summed E-state index contributed by atoms with van der Waals surface area (Å²) >= 11 is 0. The second-order valence-corrected chi connectivity index (χ2v) is 4.18. The lowest BCUT2D eigenvalue weighted by molar-refractivity contribution is -0.120. The molecule has 1 amide bonds. The highest BCUT2D eigenvalue weighted by molar-refractivity contribution is 5.77. The van der Waals surface area contributed by atoms with Crippen LogP contribution in [0.4, 0.5) is 0 Å². The van der Waals surface area contributed by atoms with Gasteiger partial charge in [0.2, 0.25) is 5.91 Å². The molecule has 2 rings (SSSR count). The predicted octanol–water partition coefficient (Wildman–Crippen LogP) is 0.508. The Morgan fingerprint density at radius 3 is 2.94 bits per heavy atom. The number of hydrogen-bond donors (Lipinski definition) is 2. The number of ether oxygens (including phenoxy) is 1. The molecule has 0 radical (unpaired) electrons. The number of nitrogens with two attached hydrogens (primary N) is 1. The van der Waals surface area contributed by atoms with Gasteiger partial charge in [0.1, 0.15) is 0 Å². The number of aromatic nitrogens is 1. The van der Waals surface area contributed by atoms with Gasteiger partial charge in [-0.2, -0.15) is 0 Å². The molecule has 1 aliphatic rings. The SMILES string of the molecule is NNC(=O)Cc1cccc(C2CCOCC2)n1. The van der Waals surface area contributed by atoms with Gasteiger partial charge in [0.15, 0.2) is 0 Å². The topological polar surface area (TPSA) is 77.2 Å². The van der Waals surface area contributed by atoms with Crippen molar-refractivity contribution in [3.63, 3.8) is 0 Å². The first-order valence-electron chi connectivity index (χ1n) is 5.82. The van der Waals surface area contributed by atoms with Crippen molar-refractivity contribution in [3.05, 3.63) is 29.6 Å². The average Bonchev–Trinajstić information content (AvgIpc) is 2.40. The van der Waals surface area contributed by atoms with Gasteiger partial charge in [0.05, 0.1) is 12.1 Å². The Kier molecular flexibility index (Phi) is 4.06. The van der Waals surface area contributed by atoms with E-state index in [4.69, 9.17) is 10.6 Å². The predicted molar refractivity (Wildman–Crippen MR) is 63.1 cm³/mol. The normalized spacial score (nSPS) is 16.8. The molecule has 0 saturated carbocycles. The second kappa shape index (κ2) is 5.75. The number of nitrogens with zero attached hydrogens (tertiary/aromatic N) is 1. The summed E-state index contributed by atoms with van der Waals surface area (Å²) in [5.41, 5.74) is 3.93. The molecule has 0 unspecified atom stereocenters. The highest BCUT2D eigenvalue weighted by Gasteiger charge is 2.17. The van der Waals surface area contributed by atoms with E-state index >= 15 is 0 Å². The summed E-state index contributed by atoms with van der Waals surface area (Å²) in [6.45, 7) is 1.58. The van der Waals surface area contributed by atoms with Crippen molar-refractivity contribution in [1.82, 2.24) is 10.4 Å². The summed E-state index contributed by atoms with van der Waals surface area (Å²) in [4.78, 5) is 15.7. The summed E-state index contributed by atoms with van der Waals surface area (Å²) in [5, 5.41) is 0. The molecule has 0 atom stereocenters. The van der Waals surface area contributed by atoms with Gasteiger partial charge < -0.3 is 4.74 Å². The quantitative estimate of drug-likeness (QED) is 0.454. The zero-order valence-corrected chi connectivity index (χ0v) is 9.69. The number of rotatable bonds is 3. The van der Waals surface area contributed by atoms with Crippen LogP contribution in [0, 0.1) is 0 Å². The third-order valence-electron chi connectivity index (χ3n) is 2.97. The smallest absolute Gasteiger partial charge is 0.239 e. The molecule has 0 bridgehead atoms. The van der Waals surface area contributed by atoms with Gasteiger partial charge in [-0.3, -0.25) is 15.2 Å². The van der Waals surface area contributed by atoms with Gasteiger partial charge in [0, 0.05) is 24.8 Å². The molecule has 92 valence electrons. The molecule has 0 spiro atoms. The van der Waals surface area contributed by atoms with Crippen LogP contribution in [-0.2, 0) is 16.0 Å². The first-order valence-corrected chi connectivity index (χ1v) is 5.82. The van der Waals surface area contributed by atoms with Crippen LogP contribution >= 0.6 is 0 Å². The summed E-state index contributed by atoms with van der Waals surface area (Å²) in [6, 6.07) is 5.80. The molecule has 1 aliphatic heterocycles. The largest absolute Gasteiger partial charge is 0.381 e. The molecule has 0 aliphatic carbocycles. The third kappa shape index (κ3) is 3.25. The number of carbonyl (C=O) groups is 1. The Labute approximate surface area is 100 Å². The van der Waals surface area contributed by atoms with Gasteiger partial charge >= 0.3 is 0 Å². The van der Waals surface area contributed by atoms with Crippen LogP contribution in [0.1, 0.15) is 30.1 Å². The Morgan fingerprint density at radius 1 is 1.47 bits per heavy atom. The number of nitrogens with one attached hydrogen (secondary N) is 1. The maximum absolute atomic E-state index is 11.2. The Hall–Kier alpha value is -1.46. The van der Waals surface area contributed by atoms with Gasteiger partial charge in [-0.05, 0) is 25.0 Å². The summed E-state index contributed by atoms with van der Waals surface area (Å²) in [7, 11) is 0. The van der Waals surface area contributed by atoms with Crippen molar-refractivity contribution in [2.24, 2.45) is 5.84 Å². The molecule has 5 nitrogen and oxygen atoms in total. The molecular formula is C12H17N3O2. The van der Waals surface area contributed by atoms with Crippen LogP contribution in [0.15, 0.2) is 18.2 Å². The van der Waals surface area contributed by atoms with Gasteiger partial charge in [-0.1, -0.05) is 6.07 Å². The number of pyridine rings is 1. The van der Waals surface area contributed by atoms with E-state index in [0.29, 0.717) is 5.92 Å². The minimum Gasteiger partial charge on any atom is -0.381 e. The fraction of sp³-hybridized carbons (Fsp3) is 0.500. The van der Waals surface area contributed by atoms with Crippen LogP contribution in [0.3, 0.4) is 0 Å². The van der Waals surface area contributed by atoms with Crippen LogP contribution in [0.2, 0.25) is 0 Å². The van der Waals surface area contributed by atoms with E-state index < -0.39 is 0 Å². The summed E-state index contributed by atoms with van der Waals surface area (Å²) in [5.74, 6) is 5.28. The zero-order chi connectivity index (χ0) is 12.1. The third-order valence-corrected chi connectivity index (χ3v) is 2.97. The maximum atomic E-state index is 11.2. The summed E-state index contributed by atoms with van der Waals surface area (Å²) < 4.78 is 5.32. The maximum Gasteiger partial charge on any atom is 0.239 e. The van der Waals surface area contributed by atoms with Crippen LogP contribution in [-0.4, -0.2) is 24.1 Å². The lowest BCUT2D eigenvalue weighted by atomic mass is 9.96. The fourth-order valence-electron chi connectivity index (χ4n) is 2.03. The molecule has 2 heterocycles. The summed E-state index contributed by atoms with van der Waals surface area (Å²) in [6.07, 6.45) is 2.23. The van der Waals surface area contributed by atoms with Crippen molar-refractivity contribution in [1.29, 1.82) is 0 Å². The fourth-order valence-corrected chi connectivity index (χ4v) is 2.03. The monoisotopic (exact) mass is 235 g/mol. The van der Waals surface area contributed by atoms with Crippen molar-refractivity contribution in [2.45, 2.75) is 25.2 Å². The first-order chi connectivity index (χ1) is 8.29. The van der Waals surface area contributed by atoms with E-state index in [1.807, 2.05) is 18.2 Å². The molecule has 1 aromatic heterocycles. The Bertz CT molecular complexity index is 389. The molecule has 1 aromatic rings. The first kappa shape index (κ1) is 12.0. The van der Waals surface area contributed by atoms with E-state index in [1.54, 1.807) is 0 Å². The Morgan fingerprint density at radius 2 is 2.24 bits per heavy atom. The number of hydrazine groups is 1. The molecule has 17 heavy (non-hydrogen) atoms. The van der Waals surface area contributed by atoms with E-state index in [2.05, 4.69) is 10.4 Å². The van der Waals surface area contributed by atoms with Crippen LogP contribution < -0.4 is 11.3 Å². The number of carbonyl (C=O) groups excluding carboxylic acids is 1. The molecule has 5 heteroatoms. The van der Waals surface area contributed by atoms with E-state index in [0.717, 1.165) is 37.4 Å². The second-order valence-electron chi connectivity index (χ2n) is 4.18. The minimum absolute atomic E-state index is 0.221. The molecule has 0 aromatic carbocycles. The van der Waals surface area contributed by atoms with E-state index in [-0.39, 0.29) is 12.3 Å². The van der Waals surface area contributed by atoms with E-state index in [1.165, 1.54) is 0 Å². The zero-order valence-electron chi connectivity index (χ0n) is 9.69. The van der Waals surface area contributed by atoms with Gasteiger partial charge in [-0.25, -0.2) is 5.84 Å². The number of amides is 1. The van der Waals surface area contributed by atoms with Crippen LogP contribution in [0.5, 0.6) is 0 Å². The Balaban J connectivity index is 2.07. The molecular weight excluding hydrogens is 218 g/mol. The van der Waals surface area contributed by atoms with Crippen molar-refractivity contribution < 1.29 is 9.53 Å². The van der Waals surface area contributed by atoms with E-state index in [9.17, 15) is 4.79 Å². The van der Waals surface area contributed by atoms with Gasteiger partial charge in [-0.15, -0.1) is 0 Å². The van der Waals surface area contributed by atoms with Crippen molar-refractivity contribution in [3.8, 4) is 0 Å². The van der Waals surface area contributed by atoms with Crippen molar-refractivity contribution in [2.75, 3.05) is 13.2 Å². The standard InChI is InChI=1S/C12H17N3O2/c13-15-12(16)8-10-2-1-3-11(14-10)9-4-6-17-7-5-9/h1-3,9H,4-8,13H2,(H,15,16). The highest BCUT2D eigenvalue weighted by Crippen LogP contribution is 2.25. The van der Waals surface area contributed by atoms with Crippen molar-refractivity contribution >= 4 is 5.91 Å². The lowest BCUT2D eigenvalue weighted by Gasteiger charge is -2.21. The molecule has 1 fully saturated rings. The number of hydrogen-bond acceptors (Lipinski definition) is 4. The average molecular weight is 235 g/mol. The minimum atomic E-state index is -0.221. The molecule has 1 saturated heterocycles. The van der Waals surface area contributed by atoms with Crippen LogP contribution in [0.25, 0.3) is 0 Å².